The predicted molar refractivity (Wildman–Crippen MR) is 140 cm³/mol. The first-order valence-electron chi connectivity index (χ1n) is 12.5. The Balaban J connectivity index is 1.52. The van der Waals surface area contributed by atoms with Gasteiger partial charge in [0.2, 0.25) is 0 Å². The van der Waals surface area contributed by atoms with Crippen molar-refractivity contribution in [3.63, 3.8) is 0 Å². The number of benzene rings is 2. The van der Waals surface area contributed by atoms with Crippen molar-refractivity contribution in [2.75, 3.05) is 6.61 Å². The van der Waals surface area contributed by atoms with Gasteiger partial charge in [0.15, 0.2) is 17.6 Å². The Bertz CT molecular complexity index is 1420. The fraction of sp³-hybridized carbons (Fsp3) is 0.310. The van der Waals surface area contributed by atoms with E-state index in [1.165, 1.54) is 19.3 Å². The fourth-order valence-electron chi connectivity index (χ4n) is 4.54. The summed E-state index contributed by atoms with van der Waals surface area (Å²) in [6.45, 7) is 2.53. The molecule has 1 aliphatic heterocycles. The summed E-state index contributed by atoms with van der Waals surface area (Å²) in [5.41, 5.74) is 2.81. The lowest BCUT2D eigenvalue weighted by Crippen LogP contribution is -2.30. The Morgan fingerprint density at radius 1 is 0.917 bits per heavy atom. The number of unbranched alkanes of at least 4 members (excludes halogenated alkanes) is 5. The molecule has 2 aromatic heterocycles. The summed E-state index contributed by atoms with van der Waals surface area (Å²) in [6, 6.07) is 14.1. The van der Waals surface area contributed by atoms with E-state index in [4.69, 9.17) is 14.5 Å². The van der Waals surface area contributed by atoms with Gasteiger partial charge in [0.05, 0.1) is 12.1 Å². The van der Waals surface area contributed by atoms with Crippen LogP contribution in [0.1, 0.15) is 57.1 Å². The summed E-state index contributed by atoms with van der Waals surface area (Å²) < 4.78 is 12.2. The average Bonchev–Trinajstić information content (AvgIpc) is 2.92. The molecule has 0 spiro atoms. The molecule has 0 bridgehead atoms. The molecule has 0 radical (unpaired) electrons. The predicted octanol–water partition coefficient (Wildman–Crippen LogP) is 6.60. The van der Waals surface area contributed by atoms with Crippen LogP contribution in [0.3, 0.4) is 0 Å². The Kier molecular flexibility index (Phi) is 7.07. The molecule has 4 aromatic rings. The van der Waals surface area contributed by atoms with Crippen molar-refractivity contribution in [2.45, 2.75) is 51.6 Å². The second-order valence-electron chi connectivity index (χ2n) is 8.97. The van der Waals surface area contributed by atoms with Gasteiger partial charge in [-0.05, 0) is 48.4 Å². The van der Waals surface area contributed by atoms with Crippen LogP contribution >= 0.6 is 0 Å². The standard InChI is InChI=1S/C29H29N3O4/c1-2-3-4-5-6-7-18-35-29(34)26-27(19-12-14-20(33)15-13-19)36-28-22-11-9-17-31-24(22)23-21(25(28)32-26)10-8-16-30-23/h8-17,27,33H,2-7,18H2,1H3. The zero-order chi connectivity index (χ0) is 24.9. The van der Waals surface area contributed by atoms with Crippen LogP contribution in [0.25, 0.3) is 21.8 Å². The third-order valence-electron chi connectivity index (χ3n) is 6.41. The minimum atomic E-state index is -0.785. The third kappa shape index (κ3) is 4.73. The number of carbonyl (C=O) groups excluding carboxylic acids is 1. The highest BCUT2D eigenvalue weighted by atomic mass is 16.5. The molecule has 7 nitrogen and oxygen atoms in total. The Hall–Kier alpha value is -4.00. The molecule has 3 heterocycles. The molecule has 1 atom stereocenters. The fourth-order valence-corrected chi connectivity index (χ4v) is 4.54. The molecule has 0 aliphatic carbocycles. The van der Waals surface area contributed by atoms with Crippen LogP contribution in [-0.2, 0) is 9.53 Å². The molecule has 0 saturated carbocycles. The van der Waals surface area contributed by atoms with Crippen molar-refractivity contribution in [1.82, 2.24) is 9.97 Å². The number of aliphatic imine (C=N–C) groups is 1. The number of phenols is 1. The largest absolute Gasteiger partial charge is 0.508 e. The molecule has 1 unspecified atom stereocenters. The van der Waals surface area contributed by atoms with E-state index < -0.39 is 12.1 Å². The summed E-state index contributed by atoms with van der Waals surface area (Å²) in [7, 11) is 0. The summed E-state index contributed by atoms with van der Waals surface area (Å²) in [4.78, 5) is 27.2. The van der Waals surface area contributed by atoms with Gasteiger partial charge in [0.25, 0.3) is 0 Å². The highest BCUT2D eigenvalue weighted by Gasteiger charge is 2.34. The van der Waals surface area contributed by atoms with Crippen molar-refractivity contribution < 1.29 is 19.4 Å². The first-order valence-corrected chi connectivity index (χ1v) is 12.5. The lowest BCUT2D eigenvalue weighted by Gasteiger charge is -2.27. The number of carbonyl (C=O) groups is 1. The smallest absolute Gasteiger partial charge is 0.356 e. The number of nitrogens with zero attached hydrogens (tertiary/aromatic N) is 3. The van der Waals surface area contributed by atoms with Crippen molar-refractivity contribution >= 4 is 39.2 Å². The molecule has 7 heteroatoms. The first kappa shape index (κ1) is 23.7. The maximum atomic E-state index is 13.3. The quantitative estimate of drug-likeness (QED) is 0.164. The monoisotopic (exact) mass is 483 g/mol. The maximum absolute atomic E-state index is 13.3. The number of aromatic nitrogens is 2. The van der Waals surface area contributed by atoms with E-state index in [0.717, 1.165) is 30.0 Å². The van der Waals surface area contributed by atoms with Crippen LogP contribution in [0.15, 0.2) is 65.9 Å². The molecule has 0 fully saturated rings. The third-order valence-corrected chi connectivity index (χ3v) is 6.41. The highest BCUT2D eigenvalue weighted by Crippen LogP contribution is 2.47. The van der Waals surface area contributed by atoms with Gasteiger partial charge in [0, 0.05) is 23.2 Å². The normalized spacial score (nSPS) is 14.8. The average molecular weight is 484 g/mol. The zero-order valence-electron chi connectivity index (χ0n) is 20.3. The van der Waals surface area contributed by atoms with E-state index >= 15 is 0 Å². The maximum Gasteiger partial charge on any atom is 0.356 e. The van der Waals surface area contributed by atoms with E-state index in [1.54, 1.807) is 36.7 Å². The molecule has 5 rings (SSSR count). The first-order chi connectivity index (χ1) is 17.7. The second kappa shape index (κ2) is 10.7. The van der Waals surface area contributed by atoms with Crippen LogP contribution in [0.4, 0.5) is 5.69 Å². The molecular weight excluding hydrogens is 454 g/mol. The minimum Gasteiger partial charge on any atom is -0.508 e. The SMILES string of the molecule is CCCCCCCCOC(=O)C1=Nc2c(c3cccnc3c3ncccc23)OC1c1ccc(O)cc1. The Morgan fingerprint density at radius 2 is 1.58 bits per heavy atom. The summed E-state index contributed by atoms with van der Waals surface area (Å²) in [6.07, 6.45) is 9.26. The van der Waals surface area contributed by atoms with Gasteiger partial charge in [-0.3, -0.25) is 9.97 Å². The number of esters is 1. The van der Waals surface area contributed by atoms with Crippen molar-refractivity contribution in [2.24, 2.45) is 4.99 Å². The van der Waals surface area contributed by atoms with E-state index in [0.29, 0.717) is 34.6 Å². The minimum absolute atomic E-state index is 0.130. The van der Waals surface area contributed by atoms with E-state index in [2.05, 4.69) is 16.9 Å². The number of pyridine rings is 2. The molecular formula is C29H29N3O4. The zero-order valence-corrected chi connectivity index (χ0v) is 20.3. The van der Waals surface area contributed by atoms with Crippen LogP contribution in [0.5, 0.6) is 11.5 Å². The second-order valence-corrected chi connectivity index (χ2v) is 8.97. The Labute approximate surface area is 209 Å². The number of hydrogen-bond donors (Lipinski definition) is 1. The van der Waals surface area contributed by atoms with E-state index in [-0.39, 0.29) is 11.5 Å². The molecule has 0 saturated heterocycles. The molecule has 0 amide bonds. The molecule has 184 valence electrons. The number of aromatic hydroxyl groups is 1. The van der Waals surface area contributed by atoms with Crippen LogP contribution in [0.2, 0.25) is 0 Å². The lowest BCUT2D eigenvalue weighted by atomic mass is 10.0. The summed E-state index contributed by atoms with van der Waals surface area (Å²) >= 11 is 0. The van der Waals surface area contributed by atoms with Gasteiger partial charge in [0.1, 0.15) is 17.0 Å². The number of ether oxygens (including phenoxy) is 2. The Morgan fingerprint density at radius 3 is 2.33 bits per heavy atom. The number of phenolic OH excluding ortho intramolecular Hbond substituents is 1. The van der Waals surface area contributed by atoms with Gasteiger partial charge in [-0.25, -0.2) is 9.79 Å². The van der Waals surface area contributed by atoms with E-state index in [1.807, 2.05) is 24.3 Å². The number of fused-ring (bicyclic) bond motifs is 6. The van der Waals surface area contributed by atoms with E-state index in [9.17, 15) is 9.90 Å². The van der Waals surface area contributed by atoms with Gasteiger partial charge in [-0.15, -0.1) is 0 Å². The van der Waals surface area contributed by atoms with Gasteiger partial charge < -0.3 is 14.6 Å². The van der Waals surface area contributed by atoms with Gasteiger partial charge in [-0.1, -0.05) is 51.2 Å². The number of rotatable bonds is 9. The summed E-state index contributed by atoms with van der Waals surface area (Å²) in [5, 5.41) is 11.3. The molecule has 36 heavy (non-hydrogen) atoms. The summed E-state index contributed by atoms with van der Waals surface area (Å²) in [5.74, 6) is 0.172. The van der Waals surface area contributed by atoms with Crippen molar-refractivity contribution in [3.8, 4) is 11.5 Å². The van der Waals surface area contributed by atoms with Crippen LogP contribution < -0.4 is 4.74 Å². The molecule has 2 aromatic carbocycles. The molecule has 1 N–H and O–H groups in total. The van der Waals surface area contributed by atoms with Crippen LogP contribution in [-0.4, -0.2) is 33.4 Å². The highest BCUT2D eigenvalue weighted by molar-refractivity contribution is 6.39. The van der Waals surface area contributed by atoms with Gasteiger partial charge >= 0.3 is 5.97 Å². The van der Waals surface area contributed by atoms with Gasteiger partial charge in [-0.2, -0.15) is 0 Å². The van der Waals surface area contributed by atoms with Crippen LogP contribution in [0, 0.1) is 0 Å². The van der Waals surface area contributed by atoms with Crippen molar-refractivity contribution in [1.29, 1.82) is 0 Å². The number of hydrogen-bond acceptors (Lipinski definition) is 7. The topological polar surface area (TPSA) is 93.9 Å². The molecule has 1 aliphatic rings. The van der Waals surface area contributed by atoms with Crippen molar-refractivity contribution in [3.05, 3.63) is 66.5 Å². The lowest BCUT2D eigenvalue weighted by molar-refractivity contribution is -0.136.